The van der Waals surface area contributed by atoms with E-state index in [0.717, 1.165) is 11.3 Å². The standard InChI is InChI=1S/C15H24N2O2/c1-5-15(3,19-4)14(18)17(6-2)13-9-7-12(11-16)8-10-13/h7-10H,5-6,11,16H2,1-4H3. The number of carbonyl (C=O) groups excluding carboxylic acids is 1. The molecule has 0 saturated carbocycles. The van der Waals surface area contributed by atoms with Gasteiger partial charge in [0.25, 0.3) is 5.91 Å². The number of likely N-dealkylation sites (N-methyl/N-ethyl adjacent to an activating group) is 1. The van der Waals surface area contributed by atoms with E-state index in [1.165, 1.54) is 0 Å². The molecule has 0 aliphatic rings. The first kappa shape index (κ1) is 15.7. The Morgan fingerprint density at radius 1 is 1.32 bits per heavy atom. The van der Waals surface area contributed by atoms with Gasteiger partial charge < -0.3 is 15.4 Å². The molecule has 106 valence electrons. The largest absolute Gasteiger partial charge is 0.369 e. The van der Waals surface area contributed by atoms with Crippen LogP contribution >= 0.6 is 0 Å². The van der Waals surface area contributed by atoms with E-state index in [4.69, 9.17) is 10.5 Å². The van der Waals surface area contributed by atoms with Crippen LogP contribution in [0.25, 0.3) is 0 Å². The van der Waals surface area contributed by atoms with Crippen molar-refractivity contribution in [2.75, 3.05) is 18.6 Å². The number of hydrogen-bond acceptors (Lipinski definition) is 3. The summed E-state index contributed by atoms with van der Waals surface area (Å²) in [5.74, 6) is -0.0134. The van der Waals surface area contributed by atoms with Crippen molar-refractivity contribution in [3.05, 3.63) is 29.8 Å². The lowest BCUT2D eigenvalue weighted by Crippen LogP contribution is -2.48. The Kier molecular flexibility index (Phi) is 5.51. The summed E-state index contributed by atoms with van der Waals surface area (Å²) in [5.41, 5.74) is 6.73. The molecule has 1 rings (SSSR count). The van der Waals surface area contributed by atoms with Gasteiger partial charge in [0.1, 0.15) is 5.60 Å². The second-order valence-corrected chi connectivity index (χ2v) is 4.71. The number of hydrogen-bond donors (Lipinski definition) is 1. The van der Waals surface area contributed by atoms with Gasteiger partial charge in [0.15, 0.2) is 0 Å². The Labute approximate surface area is 115 Å². The molecule has 0 bridgehead atoms. The van der Waals surface area contributed by atoms with Crippen molar-refractivity contribution in [3.63, 3.8) is 0 Å². The fourth-order valence-corrected chi connectivity index (χ4v) is 1.92. The smallest absolute Gasteiger partial charge is 0.258 e. The fourth-order valence-electron chi connectivity index (χ4n) is 1.92. The molecule has 0 aliphatic carbocycles. The maximum atomic E-state index is 12.6. The minimum atomic E-state index is -0.775. The first-order valence-electron chi connectivity index (χ1n) is 6.68. The topological polar surface area (TPSA) is 55.6 Å². The first-order valence-corrected chi connectivity index (χ1v) is 6.68. The third kappa shape index (κ3) is 3.33. The van der Waals surface area contributed by atoms with Gasteiger partial charge in [0.2, 0.25) is 0 Å². The predicted octanol–water partition coefficient (Wildman–Crippen LogP) is 2.31. The van der Waals surface area contributed by atoms with Crippen LogP contribution in [0.2, 0.25) is 0 Å². The number of rotatable bonds is 6. The van der Waals surface area contributed by atoms with Crippen LogP contribution in [0.5, 0.6) is 0 Å². The number of benzene rings is 1. The molecule has 0 aromatic heterocycles. The molecule has 1 aromatic carbocycles. The quantitative estimate of drug-likeness (QED) is 0.858. The number of nitrogens with zero attached hydrogens (tertiary/aromatic N) is 1. The molecule has 1 amide bonds. The third-order valence-corrected chi connectivity index (χ3v) is 3.62. The van der Waals surface area contributed by atoms with E-state index in [0.29, 0.717) is 19.5 Å². The van der Waals surface area contributed by atoms with Crippen LogP contribution in [0.15, 0.2) is 24.3 Å². The molecule has 0 saturated heterocycles. The number of ether oxygens (including phenoxy) is 1. The summed E-state index contributed by atoms with van der Waals surface area (Å²) in [7, 11) is 1.58. The van der Waals surface area contributed by atoms with Crippen molar-refractivity contribution >= 4 is 11.6 Å². The summed E-state index contributed by atoms with van der Waals surface area (Å²) < 4.78 is 5.39. The zero-order valence-corrected chi connectivity index (χ0v) is 12.3. The summed E-state index contributed by atoms with van der Waals surface area (Å²) in [5, 5.41) is 0. The van der Waals surface area contributed by atoms with Crippen molar-refractivity contribution in [1.29, 1.82) is 0 Å². The van der Waals surface area contributed by atoms with Crippen LogP contribution in [-0.2, 0) is 16.1 Å². The normalized spacial score (nSPS) is 13.9. The van der Waals surface area contributed by atoms with Crippen LogP contribution < -0.4 is 10.6 Å². The van der Waals surface area contributed by atoms with Crippen molar-refractivity contribution in [2.24, 2.45) is 5.73 Å². The molecule has 0 radical (unpaired) electrons. The molecule has 0 aliphatic heterocycles. The summed E-state index contributed by atoms with van der Waals surface area (Å²) in [6.45, 7) is 6.85. The molecule has 4 heteroatoms. The van der Waals surface area contributed by atoms with Gasteiger partial charge in [-0.1, -0.05) is 19.1 Å². The molecule has 19 heavy (non-hydrogen) atoms. The molecule has 0 fully saturated rings. The van der Waals surface area contributed by atoms with Crippen LogP contribution in [0, 0.1) is 0 Å². The Bertz CT molecular complexity index is 411. The Morgan fingerprint density at radius 3 is 2.26 bits per heavy atom. The molecular weight excluding hydrogens is 240 g/mol. The zero-order valence-electron chi connectivity index (χ0n) is 12.3. The first-order chi connectivity index (χ1) is 9.02. The number of methoxy groups -OCH3 is 1. The Hall–Kier alpha value is -1.39. The maximum Gasteiger partial charge on any atom is 0.258 e. The minimum absolute atomic E-state index is 0.0134. The average molecular weight is 264 g/mol. The number of carbonyl (C=O) groups is 1. The molecule has 1 atom stereocenters. The van der Waals surface area contributed by atoms with Gasteiger partial charge >= 0.3 is 0 Å². The number of nitrogens with two attached hydrogens (primary N) is 1. The highest BCUT2D eigenvalue weighted by atomic mass is 16.5. The average Bonchev–Trinajstić information content (AvgIpc) is 2.47. The molecule has 4 nitrogen and oxygen atoms in total. The SMILES string of the molecule is CCN(C(=O)C(C)(CC)OC)c1ccc(CN)cc1. The Morgan fingerprint density at radius 2 is 1.89 bits per heavy atom. The van der Waals surface area contributed by atoms with Gasteiger partial charge in [-0.3, -0.25) is 4.79 Å². The van der Waals surface area contributed by atoms with E-state index in [1.54, 1.807) is 12.0 Å². The van der Waals surface area contributed by atoms with Crippen molar-refractivity contribution < 1.29 is 9.53 Å². The lowest BCUT2D eigenvalue weighted by molar-refractivity contribution is -0.138. The molecule has 0 spiro atoms. The molecular formula is C15H24N2O2. The van der Waals surface area contributed by atoms with E-state index in [9.17, 15) is 4.79 Å². The van der Waals surface area contributed by atoms with Crippen LogP contribution in [0.3, 0.4) is 0 Å². The van der Waals surface area contributed by atoms with Crippen LogP contribution in [0.1, 0.15) is 32.8 Å². The van der Waals surface area contributed by atoms with Crippen LogP contribution in [-0.4, -0.2) is 25.2 Å². The summed E-state index contributed by atoms with van der Waals surface area (Å²) in [4.78, 5) is 14.3. The van der Waals surface area contributed by atoms with Gasteiger partial charge in [0, 0.05) is 25.9 Å². The highest BCUT2D eigenvalue weighted by Crippen LogP contribution is 2.23. The Balaban J connectivity index is 3.02. The maximum absolute atomic E-state index is 12.6. The van der Waals surface area contributed by atoms with Gasteiger partial charge in [-0.2, -0.15) is 0 Å². The molecule has 0 heterocycles. The fraction of sp³-hybridized carbons (Fsp3) is 0.533. The predicted molar refractivity (Wildman–Crippen MR) is 78.1 cm³/mol. The minimum Gasteiger partial charge on any atom is -0.369 e. The van der Waals surface area contributed by atoms with Gasteiger partial charge in [-0.05, 0) is 38.0 Å². The monoisotopic (exact) mass is 264 g/mol. The highest BCUT2D eigenvalue weighted by Gasteiger charge is 2.35. The lowest BCUT2D eigenvalue weighted by Gasteiger charge is -2.32. The molecule has 2 N–H and O–H groups in total. The third-order valence-electron chi connectivity index (χ3n) is 3.62. The van der Waals surface area contributed by atoms with E-state index < -0.39 is 5.60 Å². The van der Waals surface area contributed by atoms with E-state index in [2.05, 4.69) is 0 Å². The molecule has 1 aromatic rings. The van der Waals surface area contributed by atoms with Crippen molar-refractivity contribution in [2.45, 2.75) is 39.3 Å². The van der Waals surface area contributed by atoms with E-state index in [1.807, 2.05) is 45.0 Å². The van der Waals surface area contributed by atoms with Gasteiger partial charge in [0.05, 0.1) is 0 Å². The van der Waals surface area contributed by atoms with Crippen molar-refractivity contribution in [1.82, 2.24) is 0 Å². The second-order valence-electron chi connectivity index (χ2n) is 4.71. The highest BCUT2D eigenvalue weighted by molar-refractivity contribution is 5.99. The number of anilines is 1. The summed E-state index contributed by atoms with van der Waals surface area (Å²) in [6.07, 6.45) is 0.639. The van der Waals surface area contributed by atoms with E-state index in [-0.39, 0.29) is 5.91 Å². The van der Waals surface area contributed by atoms with E-state index >= 15 is 0 Å². The van der Waals surface area contributed by atoms with Gasteiger partial charge in [-0.25, -0.2) is 0 Å². The molecule has 1 unspecified atom stereocenters. The zero-order chi connectivity index (χ0) is 14.5. The lowest BCUT2D eigenvalue weighted by atomic mass is 10.0. The summed E-state index contributed by atoms with van der Waals surface area (Å²) in [6, 6.07) is 7.74. The van der Waals surface area contributed by atoms with Crippen molar-refractivity contribution in [3.8, 4) is 0 Å². The second kappa shape index (κ2) is 6.68. The summed E-state index contributed by atoms with van der Waals surface area (Å²) >= 11 is 0. The van der Waals surface area contributed by atoms with Gasteiger partial charge in [-0.15, -0.1) is 0 Å². The van der Waals surface area contributed by atoms with Crippen LogP contribution in [0.4, 0.5) is 5.69 Å². The number of amides is 1.